The maximum atomic E-state index is 6.44. The molecule has 0 atom stereocenters. The normalized spacial score (nSPS) is 12.4. The van der Waals surface area contributed by atoms with Crippen molar-refractivity contribution in [1.82, 2.24) is 9.97 Å². The van der Waals surface area contributed by atoms with Crippen LogP contribution in [0.25, 0.3) is 54.9 Å². The van der Waals surface area contributed by atoms with E-state index in [1.165, 1.54) is 21.5 Å². The fourth-order valence-corrected chi connectivity index (χ4v) is 4.38. The number of para-hydroxylation sites is 1. The molecular weight excluding hydrogens is 380 g/mol. The lowest BCUT2D eigenvalue weighted by atomic mass is 9.92. The van der Waals surface area contributed by atoms with Crippen molar-refractivity contribution in [3.63, 3.8) is 0 Å². The van der Waals surface area contributed by atoms with Gasteiger partial charge in [-0.05, 0) is 45.8 Å². The van der Waals surface area contributed by atoms with Crippen LogP contribution < -0.4 is 0 Å². The van der Waals surface area contributed by atoms with Crippen LogP contribution in [0.1, 0.15) is 26.5 Å². The number of furan rings is 1. The van der Waals surface area contributed by atoms with Crippen LogP contribution in [-0.4, -0.2) is 9.97 Å². The summed E-state index contributed by atoms with van der Waals surface area (Å²) in [4.78, 5) is 9.43. The Morgan fingerprint density at radius 1 is 0.710 bits per heavy atom. The van der Waals surface area contributed by atoms with Crippen molar-refractivity contribution < 1.29 is 4.42 Å². The molecule has 0 saturated heterocycles. The van der Waals surface area contributed by atoms with Gasteiger partial charge in [-0.3, -0.25) is 0 Å². The van der Waals surface area contributed by atoms with E-state index in [0.717, 1.165) is 33.2 Å². The van der Waals surface area contributed by atoms with Gasteiger partial charge < -0.3 is 4.42 Å². The minimum absolute atomic E-state index is 0.0434. The molecule has 0 N–H and O–H groups in total. The first-order valence-corrected chi connectivity index (χ1v) is 10.6. The molecule has 31 heavy (non-hydrogen) atoms. The van der Waals surface area contributed by atoms with Gasteiger partial charge in [0.15, 0.2) is 5.82 Å². The fourth-order valence-electron chi connectivity index (χ4n) is 4.38. The SMILES string of the molecule is CC(C)(C)c1ccnc(-c2cccc3c2oc2cc4c(ccc5ccccc54)cc23)n1. The molecule has 0 aliphatic carbocycles. The summed E-state index contributed by atoms with van der Waals surface area (Å²) in [6, 6.07) is 25.5. The van der Waals surface area contributed by atoms with Crippen molar-refractivity contribution in [1.29, 1.82) is 0 Å². The number of nitrogens with zero attached hydrogens (tertiary/aromatic N) is 2. The summed E-state index contributed by atoms with van der Waals surface area (Å²) in [7, 11) is 0. The highest BCUT2D eigenvalue weighted by Gasteiger charge is 2.19. The Morgan fingerprint density at radius 3 is 2.39 bits per heavy atom. The standard InChI is InChI=1S/C28H22N2O/c1-28(2,3)25-13-14-29-27(30-25)21-10-6-9-20-23-15-18-12-11-17-7-4-5-8-19(17)22(18)16-24(23)31-26(20)21/h4-16H,1-3H3. The summed E-state index contributed by atoms with van der Waals surface area (Å²) in [5, 5.41) is 7.10. The number of benzene rings is 4. The van der Waals surface area contributed by atoms with E-state index in [1.807, 2.05) is 18.3 Å². The molecule has 0 bridgehead atoms. The lowest BCUT2D eigenvalue weighted by Crippen LogP contribution is -2.14. The summed E-state index contributed by atoms with van der Waals surface area (Å²) in [6.07, 6.45) is 1.84. The Labute approximate surface area is 180 Å². The average Bonchev–Trinajstić information content (AvgIpc) is 3.15. The van der Waals surface area contributed by atoms with Crippen LogP contribution in [0.4, 0.5) is 0 Å². The summed E-state index contributed by atoms with van der Waals surface area (Å²) < 4.78 is 6.44. The largest absolute Gasteiger partial charge is 0.455 e. The topological polar surface area (TPSA) is 38.9 Å². The molecule has 0 aliphatic rings. The molecule has 150 valence electrons. The summed E-state index contributed by atoms with van der Waals surface area (Å²) in [5.74, 6) is 0.701. The van der Waals surface area contributed by atoms with Gasteiger partial charge in [-0.1, -0.05) is 69.3 Å². The molecule has 3 nitrogen and oxygen atoms in total. The first kappa shape index (κ1) is 18.1. The molecule has 0 unspecified atom stereocenters. The second-order valence-corrected chi connectivity index (χ2v) is 9.16. The van der Waals surface area contributed by atoms with Gasteiger partial charge >= 0.3 is 0 Å². The molecule has 3 heteroatoms. The third-order valence-electron chi connectivity index (χ3n) is 6.03. The second-order valence-electron chi connectivity index (χ2n) is 9.16. The number of hydrogen-bond acceptors (Lipinski definition) is 3. The van der Waals surface area contributed by atoms with Crippen molar-refractivity contribution >= 4 is 43.5 Å². The Hall–Kier alpha value is -3.72. The van der Waals surface area contributed by atoms with Gasteiger partial charge in [0.2, 0.25) is 0 Å². The summed E-state index contributed by atoms with van der Waals surface area (Å²) >= 11 is 0. The molecule has 6 aromatic rings. The molecule has 0 radical (unpaired) electrons. The second kappa shape index (κ2) is 6.39. The van der Waals surface area contributed by atoms with Crippen LogP contribution in [0.2, 0.25) is 0 Å². The third kappa shape index (κ3) is 2.81. The van der Waals surface area contributed by atoms with Gasteiger partial charge in [-0.15, -0.1) is 0 Å². The van der Waals surface area contributed by atoms with E-state index < -0.39 is 0 Å². The predicted molar refractivity (Wildman–Crippen MR) is 128 cm³/mol. The molecule has 0 saturated carbocycles. The highest BCUT2D eigenvalue weighted by molar-refractivity contribution is 6.17. The van der Waals surface area contributed by atoms with Crippen molar-refractivity contribution in [3.05, 3.63) is 84.7 Å². The maximum absolute atomic E-state index is 6.44. The minimum atomic E-state index is -0.0434. The van der Waals surface area contributed by atoms with Gasteiger partial charge in [0, 0.05) is 28.1 Å². The molecule has 2 heterocycles. The van der Waals surface area contributed by atoms with E-state index in [0.29, 0.717) is 5.82 Å². The molecule has 4 aromatic carbocycles. The number of rotatable bonds is 1. The number of hydrogen-bond donors (Lipinski definition) is 0. The summed E-state index contributed by atoms with van der Waals surface area (Å²) in [5.41, 5.74) is 3.62. The average molecular weight is 402 g/mol. The number of aromatic nitrogens is 2. The molecule has 0 spiro atoms. The van der Waals surface area contributed by atoms with E-state index >= 15 is 0 Å². The zero-order valence-electron chi connectivity index (χ0n) is 17.8. The fraction of sp³-hybridized carbons (Fsp3) is 0.143. The van der Waals surface area contributed by atoms with Gasteiger partial charge in [-0.2, -0.15) is 0 Å². The lowest BCUT2D eigenvalue weighted by Gasteiger charge is -2.17. The van der Waals surface area contributed by atoms with Gasteiger partial charge in [-0.25, -0.2) is 9.97 Å². The Morgan fingerprint density at radius 2 is 1.52 bits per heavy atom. The van der Waals surface area contributed by atoms with E-state index in [9.17, 15) is 0 Å². The van der Waals surface area contributed by atoms with Crippen molar-refractivity contribution in [2.75, 3.05) is 0 Å². The van der Waals surface area contributed by atoms with E-state index in [-0.39, 0.29) is 5.41 Å². The zero-order chi connectivity index (χ0) is 21.2. The van der Waals surface area contributed by atoms with Crippen LogP contribution in [0.3, 0.4) is 0 Å². The van der Waals surface area contributed by atoms with Crippen LogP contribution in [0.15, 0.2) is 83.4 Å². The Balaban J connectivity index is 1.65. The predicted octanol–water partition coefficient (Wildman–Crippen LogP) is 7.65. The monoisotopic (exact) mass is 402 g/mol. The van der Waals surface area contributed by atoms with E-state index in [4.69, 9.17) is 9.40 Å². The van der Waals surface area contributed by atoms with Crippen molar-refractivity contribution in [2.45, 2.75) is 26.2 Å². The van der Waals surface area contributed by atoms with Crippen LogP contribution in [0, 0.1) is 0 Å². The molecule has 0 fully saturated rings. The Kier molecular flexibility index (Phi) is 3.73. The third-order valence-corrected chi connectivity index (χ3v) is 6.03. The van der Waals surface area contributed by atoms with Crippen LogP contribution >= 0.6 is 0 Å². The molecule has 2 aromatic heterocycles. The van der Waals surface area contributed by atoms with Crippen LogP contribution in [0.5, 0.6) is 0 Å². The van der Waals surface area contributed by atoms with E-state index in [2.05, 4.69) is 86.4 Å². The minimum Gasteiger partial charge on any atom is -0.455 e. The summed E-state index contributed by atoms with van der Waals surface area (Å²) in [6.45, 7) is 6.49. The van der Waals surface area contributed by atoms with Crippen LogP contribution in [-0.2, 0) is 5.41 Å². The highest BCUT2D eigenvalue weighted by atomic mass is 16.3. The van der Waals surface area contributed by atoms with Crippen molar-refractivity contribution in [3.8, 4) is 11.4 Å². The molecule has 6 rings (SSSR count). The highest BCUT2D eigenvalue weighted by Crippen LogP contribution is 2.38. The van der Waals surface area contributed by atoms with Crippen molar-refractivity contribution in [2.24, 2.45) is 0 Å². The molecule has 0 amide bonds. The number of fused-ring (bicyclic) bond motifs is 6. The lowest BCUT2D eigenvalue weighted by molar-refractivity contribution is 0.567. The quantitative estimate of drug-likeness (QED) is 0.265. The maximum Gasteiger partial charge on any atom is 0.163 e. The van der Waals surface area contributed by atoms with Gasteiger partial charge in [0.05, 0.1) is 5.56 Å². The van der Waals surface area contributed by atoms with Gasteiger partial charge in [0.25, 0.3) is 0 Å². The molecule has 0 aliphatic heterocycles. The smallest absolute Gasteiger partial charge is 0.163 e. The zero-order valence-corrected chi connectivity index (χ0v) is 17.8. The van der Waals surface area contributed by atoms with E-state index in [1.54, 1.807) is 0 Å². The van der Waals surface area contributed by atoms with Gasteiger partial charge in [0.1, 0.15) is 11.2 Å². The molecular formula is C28H22N2O. The first-order valence-electron chi connectivity index (χ1n) is 10.6. The first-order chi connectivity index (χ1) is 15.0. The Bertz CT molecular complexity index is 1620.